The van der Waals surface area contributed by atoms with Crippen LogP contribution in [0.1, 0.15) is 23.1 Å². The molecule has 1 N–H and O–H groups in total. The van der Waals surface area contributed by atoms with Crippen molar-refractivity contribution in [3.05, 3.63) is 53.3 Å². The summed E-state index contributed by atoms with van der Waals surface area (Å²) in [6, 6.07) is 11.6. The van der Waals surface area contributed by atoms with Gasteiger partial charge in [0.25, 0.3) is 0 Å². The van der Waals surface area contributed by atoms with E-state index in [1.165, 1.54) is 11.5 Å². The Balaban J connectivity index is 1.54. The number of aliphatic hydroxyl groups excluding tert-OH is 1. The lowest BCUT2D eigenvalue weighted by atomic mass is 10.1. The molecule has 0 radical (unpaired) electrons. The Hall–Kier alpha value is -2.45. The van der Waals surface area contributed by atoms with Crippen LogP contribution in [0.4, 0.5) is 11.1 Å². The molecule has 1 aromatic carbocycles. The molecule has 1 unspecified atom stereocenters. The van der Waals surface area contributed by atoms with Gasteiger partial charge in [0.15, 0.2) is 0 Å². The number of benzene rings is 1. The van der Waals surface area contributed by atoms with Crippen molar-refractivity contribution in [3.63, 3.8) is 0 Å². The third-order valence-electron chi connectivity index (χ3n) is 4.29. The van der Waals surface area contributed by atoms with E-state index in [1.54, 1.807) is 0 Å². The highest BCUT2D eigenvalue weighted by molar-refractivity contribution is 7.09. The number of aliphatic hydroxyl groups is 1. The summed E-state index contributed by atoms with van der Waals surface area (Å²) < 4.78 is 6.35. The number of fused-ring (bicyclic) bond motifs is 1. The van der Waals surface area contributed by atoms with Crippen LogP contribution >= 0.6 is 11.5 Å². The molecule has 25 heavy (non-hydrogen) atoms. The zero-order chi connectivity index (χ0) is 17.4. The Morgan fingerprint density at radius 1 is 1.20 bits per heavy atom. The zero-order valence-electron chi connectivity index (χ0n) is 14.2. The van der Waals surface area contributed by atoms with Crippen molar-refractivity contribution < 1.29 is 5.11 Å². The van der Waals surface area contributed by atoms with Crippen LogP contribution in [-0.4, -0.2) is 44.9 Å². The summed E-state index contributed by atoms with van der Waals surface area (Å²) in [7, 11) is 3.88. The topological polar surface area (TPSA) is 70.3 Å². The maximum Gasteiger partial charge on any atom is 0.238 e. The second-order valence-electron chi connectivity index (χ2n) is 6.29. The second kappa shape index (κ2) is 6.45. The first-order valence-electron chi connectivity index (χ1n) is 8.17. The van der Waals surface area contributed by atoms with E-state index in [4.69, 9.17) is 0 Å². The first-order valence-corrected chi connectivity index (χ1v) is 8.95. The Bertz CT molecular complexity index is 859. The molecule has 7 nitrogen and oxygen atoms in total. The van der Waals surface area contributed by atoms with Gasteiger partial charge < -0.3 is 14.9 Å². The summed E-state index contributed by atoms with van der Waals surface area (Å²) in [6.07, 6.45) is -0.699. The van der Waals surface area contributed by atoms with Crippen molar-refractivity contribution in [3.8, 4) is 0 Å². The van der Waals surface area contributed by atoms with Gasteiger partial charge in [-0.15, -0.1) is 0 Å². The molecule has 1 atom stereocenters. The molecule has 0 aliphatic carbocycles. The van der Waals surface area contributed by atoms with E-state index in [2.05, 4.69) is 19.4 Å². The quantitative estimate of drug-likeness (QED) is 0.770. The molecule has 130 valence electrons. The van der Waals surface area contributed by atoms with E-state index in [0.29, 0.717) is 5.69 Å². The van der Waals surface area contributed by atoms with Crippen LogP contribution in [-0.2, 0) is 13.1 Å². The number of hydrogen-bond acceptors (Lipinski definition) is 7. The number of hydrogen-bond donors (Lipinski definition) is 1. The van der Waals surface area contributed by atoms with Gasteiger partial charge in [0, 0.05) is 32.2 Å². The summed E-state index contributed by atoms with van der Waals surface area (Å²) >= 11 is 1.41. The zero-order valence-corrected chi connectivity index (χ0v) is 15.0. The van der Waals surface area contributed by atoms with Gasteiger partial charge in [-0.05, 0) is 11.6 Å². The van der Waals surface area contributed by atoms with Gasteiger partial charge in [-0.2, -0.15) is 14.5 Å². The minimum absolute atomic E-state index is 0.689. The summed E-state index contributed by atoms with van der Waals surface area (Å²) in [5, 5.41) is 16.1. The van der Waals surface area contributed by atoms with Gasteiger partial charge in [0.1, 0.15) is 6.10 Å². The van der Waals surface area contributed by atoms with Crippen molar-refractivity contribution in [2.45, 2.75) is 19.2 Å². The Morgan fingerprint density at radius 3 is 2.72 bits per heavy atom. The SMILES string of the molecule is CN(C)c1nsc(N2CCn3nc(C(O)c4ccccc4)cc3C2)n1. The van der Waals surface area contributed by atoms with Crippen LogP contribution in [0.5, 0.6) is 0 Å². The van der Waals surface area contributed by atoms with E-state index in [9.17, 15) is 5.11 Å². The highest BCUT2D eigenvalue weighted by Crippen LogP contribution is 2.27. The fraction of sp³-hybridized carbons (Fsp3) is 0.353. The molecule has 0 saturated heterocycles. The van der Waals surface area contributed by atoms with E-state index in [1.807, 2.05) is 60.1 Å². The predicted octanol–water partition coefficient (Wildman–Crippen LogP) is 1.90. The van der Waals surface area contributed by atoms with Gasteiger partial charge >= 0.3 is 0 Å². The third-order valence-corrected chi connectivity index (χ3v) is 5.05. The van der Waals surface area contributed by atoms with Gasteiger partial charge in [0.2, 0.25) is 11.1 Å². The predicted molar refractivity (Wildman–Crippen MR) is 98.0 cm³/mol. The van der Waals surface area contributed by atoms with Gasteiger partial charge in [-0.1, -0.05) is 30.3 Å². The normalized spacial score (nSPS) is 15.1. The largest absolute Gasteiger partial charge is 0.382 e. The van der Waals surface area contributed by atoms with Crippen molar-refractivity contribution in [2.24, 2.45) is 0 Å². The highest BCUT2D eigenvalue weighted by atomic mass is 32.1. The molecule has 0 fully saturated rings. The lowest BCUT2D eigenvalue weighted by Crippen LogP contribution is -2.33. The molecule has 0 spiro atoms. The van der Waals surface area contributed by atoms with E-state index in [-0.39, 0.29) is 0 Å². The minimum atomic E-state index is -0.699. The molecule has 0 saturated carbocycles. The van der Waals surface area contributed by atoms with Crippen LogP contribution in [0.2, 0.25) is 0 Å². The Morgan fingerprint density at radius 2 is 2.00 bits per heavy atom. The molecule has 0 bridgehead atoms. The van der Waals surface area contributed by atoms with Crippen LogP contribution in [0.3, 0.4) is 0 Å². The monoisotopic (exact) mass is 356 g/mol. The number of nitrogens with zero attached hydrogens (tertiary/aromatic N) is 6. The van der Waals surface area contributed by atoms with E-state index < -0.39 is 6.10 Å². The third kappa shape index (κ3) is 3.10. The maximum absolute atomic E-state index is 10.6. The van der Waals surface area contributed by atoms with Crippen molar-refractivity contribution >= 4 is 22.6 Å². The molecule has 8 heteroatoms. The molecular weight excluding hydrogens is 336 g/mol. The van der Waals surface area contributed by atoms with Crippen molar-refractivity contribution in [1.82, 2.24) is 19.1 Å². The van der Waals surface area contributed by atoms with Crippen LogP contribution in [0, 0.1) is 0 Å². The smallest absolute Gasteiger partial charge is 0.238 e. The standard InChI is InChI=1S/C17H20N6OS/c1-21(2)16-18-17(25-20-16)22-8-9-23-13(11-22)10-14(19-23)15(24)12-6-4-3-5-7-12/h3-7,10,15,24H,8-9,11H2,1-2H3. The number of anilines is 2. The molecule has 3 aromatic rings. The molecule has 1 aliphatic heterocycles. The fourth-order valence-electron chi connectivity index (χ4n) is 2.91. The van der Waals surface area contributed by atoms with Crippen molar-refractivity contribution in [1.29, 1.82) is 0 Å². The van der Waals surface area contributed by atoms with Crippen LogP contribution in [0.25, 0.3) is 0 Å². The van der Waals surface area contributed by atoms with E-state index in [0.717, 1.165) is 42.0 Å². The summed E-state index contributed by atoms with van der Waals surface area (Å²) in [4.78, 5) is 8.69. The van der Waals surface area contributed by atoms with Gasteiger partial charge in [-0.25, -0.2) is 0 Å². The number of aromatic nitrogens is 4. The second-order valence-corrected chi connectivity index (χ2v) is 7.02. The Kier molecular flexibility index (Phi) is 4.14. The average Bonchev–Trinajstić information content (AvgIpc) is 3.28. The first-order chi connectivity index (χ1) is 12.1. The lowest BCUT2D eigenvalue weighted by molar-refractivity contribution is 0.214. The van der Waals surface area contributed by atoms with E-state index >= 15 is 0 Å². The van der Waals surface area contributed by atoms with Crippen molar-refractivity contribution in [2.75, 3.05) is 30.4 Å². The first kappa shape index (κ1) is 16.0. The van der Waals surface area contributed by atoms with Crippen LogP contribution < -0.4 is 9.80 Å². The molecule has 3 heterocycles. The highest BCUT2D eigenvalue weighted by Gasteiger charge is 2.24. The summed E-state index contributed by atoms with van der Waals surface area (Å²) in [5.41, 5.74) is 2.63. The number of rotatable bonds is 4. The van der Waals surface area contributed by atoms with Crippen LogP contribution in [0.15, 0.2) is 36.4 Å². The maximum atomic E-state index is 10.6. The summed E-state index contributed by atoms with van der Waals surface area (Å²) in [5.74, 6) is 0.735. The average molecular weight is 356 g/mol. The molecule has 1 aliphatic rings. The Labute approximate surface area is 150 Å². The minimum Gasteiger partial charge on any atom is -0.382 e. The molecular formula is C17H20N6OS. The summed E-state index contributed by atoms with van der Waals surface area (Å²) in [6.45, 7) is 2.32. The molecule has 0 amide bonds. The fourth-order valence-corrected chi connectivity index (χ4v) is 3.67. The molecule has 4 rings (SSSR count). The molecule has 2 aromatic heterocycles. The van der Waals surface area contributed by atoms with Gasteiger partial charge in [-0.3, -0.25) is 4.68 Å². The lowest BCUT2D eigenvalue weighted by Gasteiger charge is -2.26. The van der Waals surface area contributed by atoms with Gasteiger partial charge in [0.05, 0.1) is 24.5 Å².